The maximum atomic E-state index is 14.4. The molecule has 0 atom stereocenters. The molecule has 4 nitrogen and oxygen atoms in total. The molecule has 0 spiro atoms. The van der Waals surface area contributed by atoms with Crippen LogP contribution in [0.2, 0.25) is 0 Å². The molecule has 1 N–H and O–H groups in total. The monoisotopic (exact) mass is 524 g/mol. The number of amides is 1. The quantitative estimate of drug-likeness (QED) is 0.299. The highest BCUT2D eigenvalue weighted by Gasteiger charge is 2.23. The number of aryl methyl sites for hydroxylation is 1. The molecule has 0 saturated heterocycles. The van der Waals surface area contributed by atoms with Gasteiger partial charge in [-0.05, 0) is 71.8 Å². The van der Waals surface area contributed by atoms with Gasteiger partial charge in [0, 0.05) is 9.26 Å². The minimum absolute atomic E-state index is 0.0511. The van der Waals surface area contributed by atoms with Crippen LogP contribution in [-0.2, 0) is 4.84 Å². The highest BCUT2D eigenvalue weighted by atomic mass is 127. The van der Waals surface area contributed by atoms with E-state index in [0.717, 1.165) is 19.3 Å². The second kappa shape index (κ2) is 8.91. The van der Waals surface area contributed by atoms with Crippen LogP contribution in [0.3, 0.4) is 0 Å². The highest BCUT2D eigenvalue weighted by molar-refractivity contribution is 14.1. The van der Waals surface area contributed by atoms with Crippen molar-refractivity contribution in [3.8, 4) is 0 Å². The molecule has 2 aromatic carbocycles. The number of hydrogen-bond donors (Lipinski definition) is 1. The van der Waals surface area contributed by atoms with Crippen molar-refractivity contribution in [1.82, 2.24) is 4.09 Å². The molecule has 1 amide bonds. The molecular weight excluding hydrogens is 509 g/mol. The minimum atomic E-state index is -1.12. The summed E-state index contributed by atoms with van der Waals surface area (Å²) in [5.41, 5.74) is 1.13. The van der Waals surface area contributed by atoms with Gasteiger partial charge < -0.3 is 5.32 Å². The first-order valence-corrected chi connectivity index (χ1v) is 9.28. The van der Waals surface area contributed by atoms with E-state index in [-0.39, 0.29) is 11.3 Å². The van der Waals surface area contributed by atoms with Crippen molar-refractivity contribution in [1.29, 1.82) is 0 Å². The molecule has 0 saturated carbocycles. The average Bonchev–Trinajstić information content (AvgIpc) is 2.58. The van der Waals surface area contributed by atoms with Crippen LogP contribution in [0.5, 0.6) is 0 Å². The molecule has 0 heterocycles. The number of rotatable bonds is 6. The first-order valence-electron chi connectivity index (χ1n) is 7.49. The first-order chi connectivity index (χ1) is 11.8. The maximum Gasteiger partial charge on any atom is 0.290 e. The van der Waals surface area contributed by atoms with Crippen LogP contribution in [0, 0.1) is 22.1 Å². The van der Waals surface area contributed by atoms with Crippen molar-refractivity contribution in [3.63, 3.8) is 0 Å². The smallest absolute Gasteiger partial charge is 0.290 e. The van der Waals surface area contributed by atoms with Crippen LogP contribution in [0.4, 0.5) is 20.2 Å². The summed E-state index contributed by atoms with van der Waals surface area (Å²) in [7, 11) is 0. The minimum Gasteiger partial charge on any atom is -0.352 e. The lowest BCUT2D eigenvalue weighted by Crippen LogP contribution is -2.23. The number of hydrogen-bond acceptors (Lipinski definition) is 3. The summed E-state index contributed by atoms with van der Waals surface area (Å²) in [6.07, 6.45) is 0.695. The van der Waals surface area contributed by atoms with E-state index in [1.807, 2.05) is 26.0 Å². The molecule has 0 bridgehead atoms. The lowest BCUT2D eigenvalue weighted by Gasteiger charge is -2.18. The van der Waals surface area contributed by atoms with Gasteiger partial charge in [0.2, 0.25) is 0 Å². The fourth-order valence-corrected chi connectivity index (χ4v) is 3.06. The van der Waals surface area contributed by atoms with Crippen molar-refractivity contribution in [2.24, 2.45) is 0 Å². The predicted octanol–water partition coefficient (Wildman–Crippen LogP) is 5.72. The molecule has 2 aromatic rings. The SMILES string of the molecule is CCCON(Br)C(=O)c1ccc(F)c(F)c1Nc1ccc(I)cc1C. The molecule has 0 radical (unpaired) electrons. The van der Waals surface area contributed by atoms with Crippen molar-refractivity contribution in [2.45, 2.75) is 20.3 Å². The molecule has 0 unspecified atom stereocenters. The lowest BCUT2D eigenvalue weighted by atomic mass is 10.1. The molecular formula is C17H16BrF2IN2O2. The number of nitrogens with zero attached hydrogens (tertiary/aromatic N) is 1. The third kappa shape index (κ3) is 4.89. The molecule has 134 valence electrons. The van der Waals surface area contributed by atoms with Crippen molar-refractivity contribution in [2.75, 3.05) is 11.9 Å². The number of halogens is 4. The van der Waals surface area contributed by atoms with Crippen LogP contribution in [0.25, 0.3) is 0 Å². The van der Waals surface area contributed by atoms with Gasteiger partial charge in [-0.15, -0.1) is 4.09 Å². The Kier molecular flexibility index (Phi) is 7.14. The standard InChI is InChI=1S/C17H16BrF2IN2O2/c1-3-8-25-23(18)17(24)12-5-6-13(19)15(20)16(12)22-14-7-4-11(21)9-10(14)2/h4-7,9,22H,3,8H2,1-2H3. The van der Waals surface area contributed by atoms with E-state index in [1.54, 1.807) is 6.07 Å². The zero-order chi connectivity index (χ0) is 18.6. The second-order valence-electron chi connectivity index (χ2n) is 5.25. The average molecular weight is 525 g/mol. The number of nitrogens with one attached hydrogen (secondary N) is 1. The topological polar surface area (TPSA) is 41.6 Å². The summed E-state index contributed by atoms with van der Waals surface area (Å²) in [5.74, 6) is -2.81. The van der Waals surface area contributed by atoms with Gasteiger partial charge >= 0.3 is 0 Å². The summed E-state index contributed by atoms with van der Waals surface area (Å²) in [5, 5.41) is 2.83. The van der Waals surface area contributed by atoms with E-state index >= 15 is 0 Å². The Morgan fingerprint density at radius 2 is 2.04 bits per heavy atom. The number of carbonyl (C=O) groups is 1. The third-order valence-corrected chi connectivity index (χ3v) is 4.54. The van der Waals surface area contributed by atoms with E-state index in [9.17, 15) is 13.6 Å². The molecule has 2 rings (SSSR count). The van der Waals surface area contributed by atoms with Gasteiger partial charge in [0.05, 0.1) is 34.0 Å². The molecule has 0 aliphatic rings. The molecule has 8 heteroatoms. The lowest BCUT2D eigenvalue weighted by molar-refractivity contribution is -0.0451. The predicted molar refractivity (Wildman–Crippen MR) is 105 cm³/mol. The number of hydroxylamine groups is 1. The maximum absolute atomic E-state index is 14.4. The number of benzene rings is 2. The molecule has 0 aliphatic carbocycles. The fourth-order valence-electron chi connectivity index (χ4n) is 2.08. The molecule has 0 aliphatic heterocycles. The van der Waals surface area contributed by atoms with E-state index in [1.165, 1.54) is 6.07 Å². The third-order valence-electron chi connectivity index (χ3n) is 3.34. The van der Waals surface area contributed by atoms with Gasteiger partial charge in [-0.3, -0.25) is 9.63 Å². The van der Waals surface area contributed by atoms with E-state index < -0.39 is 17.5 Å². The van der Waals surface area contributed by atoms with E-state index in [0.29, 0.717) is 18.7 Å². The largest absolute Gasteiger partial charge is 0.352 e. The van der Waals surface area contributed by atoms with Gasteiger partial charge in [-0.25, -0.2) is 8.78 Å². The normalized spacial score (nSPS) is 10.6. The number of carbonyl (C=O) groups excluding carboxylic acids is 1. The van der Waals surface area contributed by atoms with Gasteiger partial charge in [0.25, 0.3) is 5.91 Å². The van der Waals surface area contributed by atoms with Crippen LogP contribution < -0.4 is 5.32 Å². The molecule has 0 fully saturated rings. The van der Waals surface area contributed by atoms with Gasteiger partial charge in [0.1, 0.15) is 0 Å². The summed E-state index contributed by atoms with van der Waals surface area (Å²) in [6.45, 7) is 4.03. The second-order valence-corrected chi connectivity index (χ2v) is 7.14. The zero-order valence-corrected chi connectivity index (χ0v) is 17.3. The molecule has 25 heavy (non-hydrogen) atoms. The summed E-state index contributed by atoms with van der Waals surface area (Å²) in [4.78, 5) is 17.7. The van der Waals surface area contributed by atoms with Crippen LogP contribution >= 0.6 is 38.7 Å². The van der Waals surface area contributed by atoms with Crippen LogP contribution in [0.15, 0.2) is 30.3 Å². The Morgan fingerprint density at radius 1 is 1.32 bits per heavy atom. The van der Waals surface area contributed by atoms with Crippen LogP contribution in [-0.4, -0.2) is 16.6 Å². The first kappa shape index (κ1) is 20.1. The Hall–Kier alpha value is -1.26. The van der Waals surface area contributed by atoms with E-state index in [2.05, 4.69) is 44.1 Å². The zero-order valence-electron chi connectivity index (χ0n) is 13.6. The van der Waals surface area contributed by atoms with Gasteiger partial charge in [0.15, 0.2) is 11.6 Å². The van der Waals surface area contributed by atoms with Crippen molar-refractivity contribution < 1.29 is 18.4 Å². The van der Waals surface area contributed by atoms with E-state index in [4.69, 9.17) is 4.84 Å². The van der Waals surface area contributed by atoms with Crippen molar-refractivity contribution in [3.05, 3.63) is 56.7 Å². The Labute approximate surface area is 167 Å². The van der Waals surface area contributed by atoms with Gasteiger partial charge in [-0.2, -0.15) is 0 Å². The van der Waals surface area contributed by atoms with Crippen molar-refractivity contribution >= 4 is 56.0 Å². The van der Waals surface area contributed by atoms with Gasteiger partial charge in [-0.1, -0.05) is 6.92 Å². The Morgan fingerprint density at radius 3 is 2.68 bits per heavy atom. The number of anilines is 2. The fraction of sp³-hybridized carbons (Fsp3) is 0.235. The Balaban J connectivity index is 2.42. The highest BCUT2D eigenvalue weighted by Crippen LogP contribution is 2.30. The van der Waals surface area contributed by atoms with Crippen LogP contribution in [0.1, 0.15) is 29.3 Å². The molecule has 0 aromatic heterocycles. The summed E-state index contributed by atoms with van der Waals surface area (Å²) >= 11 is 5.14. The summed E-state index contributed by atoms with van der Waals surface area (Å²) in [6, 6.07) is 7.59. The Bertz CT molecular complexity index is 789. The summed E-state index contributed by atoms with van der Waals surface area (Å²) < 4.78 is 29.9.